The highest BCUT2D eigenvalue weighted by Gasteiger charge is 2.35. The third-order valence-corrected chi connectivity index (χ3v) is 4.01. The van der Waals surface area contributed by atoms with E-state index < -0.39 is 0 Å². The molecule has 2 rings (SSSR count). The number of nitrogens with zero attached hydrogens (tertiary/aromatic N) is 1. The van der Waals surface area contributed by atoms with Crippen LogP contribution in [0.5, 0.6) is 0 Å². The van der Waals surface area contributed by atoms with Crippen molar-refractivity contribution in [2.24, 2.45) is 5.41 Å². The summed E-state index contributed by atoms with van der Waals surface area (Å²) in [6, 6.07) is 0.237. The van der Waals surface area contributed by atoms with Crippen molar-refractivity contribution in [3.05, 3.63) is 0 Å². The first-order valence-corrected chi connectivity index (χ1v) is 6.64. The summed E-state index contributed by atoms with van der Waals surface area (Å²) >= 11 is 0. The number of carbonyl (C=O) groups excluding carboxylic acids is 2. The van der Waals surface area contributed by atoms with Gasteiger partial charge in [-0.3, -0.25) is 9.59 Å². The number of rotatable bonds is 3. The van der Waals surface area contributed by atoms with E-state index in [2.05, 4.69) is 19.2 Å². The molecule has 1 atom stereocenters. The summed E-state index contributed by atoms with van der Waals surface area (Å²) in [5.41, 5.74) is 0.171. The number of amides is 2. The van der Waals surface area contributed by atoms with Crippen LogP contribution >= 0.6 is 0 Å². The van der Waals surface area contributed by atoms with Gasteiger partial charge in [-0.25, -0.2) is 0 Å². The van der Waals surface area contributed by atoms with Crippen LogP contribution in [-0.2, 0) is 14.3 Å². The number of ether oxygens (including phenoxy) is 1. The summed E-state index contributed by atoms with van der Waals surface area (Å²) < 4.78 is 5.04. The molecule has 18 heavy (non-hydrogen) atoms. The van der Waals surface area contributed by atoms with Crippen LogP contribution in [0, 0.1) is 5.41 Å². The molecule has 1 N–H and O–H groups in total. The zero-order chi connectivity index (χ0) is 13.2. The Bertz CT molecular complexity index is 341. The van der Waals surface area contributed by atoms with E-state index >= 15 is 0 Å². The largest absolute Gasteiger partial charge is 0.370 e. The molecule has 0 unspecified atom stereocenters. The van der Waals surface area contributed by atoms with E-state index in [-0.39, 0.29) is 36.4 Å². The SMILES string of the molecule is CC1(C)CCC[C@H]1NC(=O)CN1CCOCC1=O. The number of morpholine rings is 1. The summed E-state index contributed by atoms with van der Waals surface area (Å²) in [5, 5.41) is 3.06. The van der Waals surface area contributed by atoms with Crippen molar-refractivity contribution in [1.29, 1.82) is 0 Å². The lowest BCUT2D eigenvalue weighted by atomic mass is 9.87. The molecule has 1 aliphatic heterocycles. The minimum atomic E-state index is -0.0953. The van der Waals surface area contributed by atoms with Crippen molar-refractivity contribution in [2.75, 3.05) is 26.3 Å². The fourth-order valence-corrected chi connectivity index (χ4v) is 2.73. The van der Waals surface area contributed by atoms with Crippen molar-refractivity contribution in [3.63, 3.8) is 0 Å². The summed E-state index contributed by atoms with van der Waals surface area (Å²) in [6.07, 6.45) is 3.35. The van der Waals surface area contributed by atoms with E-state index in [0.717, 1.165) is 19.3 Å². The van der Waals surface area contributed by atoms with Gasteiger partial charge in [-0.15, -0.1) is 0 Å². The molecule has 0 aromatic rings. The second-order valence-corrected chi connectivity index (χ2v) is 5.87. The molecular formula is C13H22N2O3. The molecule has 2 aliphatic rings. The fourth-order valence-electron chi connectivity index (χ4n) is 2.73. The Morgan fingerprint density at radius 2 is 2.33 bits per heavy atom. The Morgan fingerprint density at radius 1 is 1.56 bits per heavy atom. The van der Waals surface area contributed by atoms with E-state index in [9.17, 15) is 9.59 Å². The Kier molecular flexibility index (Phi) is 3.90. The third kappa shape index (κ3) is 3.02. The van der Waals surface area contributed by atoms with Gasteiger partial charge in [-0.2, -0.15) is 0 Å². The van der Waals surface area contributed by atoms with Crippen molar-refractivity contribution in [1.82, 2.24) is 10.2 Å². The molecule has 0 aromatic carbocycles. The molecular weight excluding hydrogens is 232 g/mol. The van der Waals surface area contributed by atoms with Crippen LogP contribution in [0.4, 0.5) is 0 Å². The lowest BCUT2D eigenvalue weighted by Gasteiger charge is -2.30. The summed E-state index contributed by atoms with van der Waals surface area (Å²) in [4.78, 5) is 25.0. The first-order chi connectivity index (χ1) is 8.49. The molecule has 0 bridgehead atoms. The van der Waals surface area contributed by atoms with E-state index in [1.54, 1.807) is 4.90 Å². The maximum absolute atomic E-state index is 12.0. The monoisotopic (exact) mass is 254 g/mol. The van der Waals surface area contributed by atoms with Crippen LogP contribution < -0.4 is 5.32 Å². The van der Waals surface area contributed by atoms with Gasteiger partial charge in [0.1, 0.15) is 6.61 Å². The van der Waals surface area contributed by atoms with Crippen molar-refractivity contribution < 1.29 is 14.3 Å². The first kappa shape index (κ1) is 13.3. The van der Waals surface area contributed by atoms with Crippen LogP contribution in [0.2, 0.25) is 0 Å². The minimum absolute atomic E-state index is 0.0507. The van der Waals surface area contributed by atoms with Gasteiger partial charge in [0, 0.05) is 12.6 Å². The molecule has 0 aromatic heterocycles. The highest BCUT2D eigenvalue weighted by molar-refractivity contribution is 5.85. The lowest BCUT2D eigenvalue weighted by Crippen LogP contribution is -2.50. The van der Waals surface area contributed by atoms with Crippen LogP contribution in [0.15, 0.2) is 0 Å². The fraction of sp³-hybridized carbons (Fsp3) is 0.846. The topological polar surface area (TPSA) is 58.6 Å². The molecule has 1 heterocycles. The number of hydrogen-bond donors (Lipinski definition) is 1. The van der Waals surface area contributed by atoms with Crippen molar-refractivity contribution in [2.45, 2.75) is 39.2 Å². The number of carbonyl (C=O) groups is 2. The molecule has 5 nitrogen and oxygen atoms in total. The normalized spacial score (nSPS) is 27.3. The summed E-state index contributed by atoms with van der Waals surface area (Å²) in [5.74, 6) is -0.146. The van der Waals surface area contributed by atoms with E-state index in [0.29, 0.717) is 13.2 Å². The average Bonchev–Trinajstić information content (AvgIpc) is 2.62. The second-order valence-electron chi connectivity index (χ2n) is 5.87. The Balaban J connectivity index is 1.83. The van der Waals surface area contributed by atoms with Gasteiger partial charge < -0.3 is 15.0 Å². The van der Waals surface area contributed by atoms with Gasteiger partial charge in [0.25, 0.3) is 0 Å². The predicted octanol–water partition coefficient (Wildman–Crippen LogP) is 0.540. The van der Waals surface area contributed by atoms with Gasteiger partial charge in [0.05, 0.1) is 13.2 Å². The van der Waals surface area contributed by atoms with Crippen molar-refractivity contribution in [3.8, 4) is 0 Å². The maximum Gasteiger partial charge on any atom is 0.249 e. The first-order valence-electron chi connectivity index (χ1n) is 6.64. The molecule has 1 saturated carbocycles. The minimum Gasteiger partial charge on any atom is -0.370 e. The van der Waals surface area contributed by atoms with Crippen LogP contribution in [0.3, 0.4) is 0 Å². The summed E-state index contributed by atoms with van der Waals surface area (Å²) in [6.45, 7) is 5.67. The van der Waals surface area contributed by atoms with Crippen LogP contribution in [-0.4, -0.2) is 49.1 Å². The Labute approximate surface area is 108 Å². The zero-order valence-electron chi connectivity index (χ0n) is 11.2. The van der Waals surface area contributed by atoms with Crippen molar-refractivity contribution >= 4 is 11.8 Å². The standard InChI is InChI=1S/C13H22N2O3/c1-13(2)5-3-4-10(13)14-11(16)8-15-6-7-18-9-12(15)17/h10H,3-9H2,1-2H3,(H,14,16)/t10-/m1/s1. The van der Waals surface area contributed by atoms with E-state index in [1.165, 1.54) is 0 Å². The van der Waals surface area contributed by atoms with Gasteiger partial charge in [-0.1, -0.05) is 20.3 Å². The predicted molar refractivity (Wildman–Crippen MR) is 67.0 cm³/mol. The van der Waals surface area contributed by atoms with Gasteiger partial charge in [0.15, 0.2) is 0 Å². The average molecular weight is 254 g/mol. The van der Waals surface area contributed by atoms with E-state index in [4.69, 9.17) is 4.74 Å². The molecule has 1 saturated heterocycles. The highest BCUT2D eigenvalue weighted by atomic mass is 16.5. The summed E-state index contributed by atoms with van der Waals surface area (Å²) in [7, 11) is 0. The molecule has 2 amide bonds. The Hall–Kier alpha value is -1.10. The quantitative estimate of drug-likeness (QED) is 0.799. The van der Waals surface area contributed by atoms with Gasteiger partial charge >= 0.3 is 0 Å². The maximum atomic E-state index is 12.0. The number of nitrogens with one attached hydrogen (secondary N) is 1. The lowest BCUT2D eigenvalue weighted by molar-refractivity contribution is -0.146. The highest BCUT2D eigenvalue weighted by Crippen LogP contribution is 2.37. The molecule has 0 spiro atoms. The molecule has 2 fully saturated rings. The molecule has 1 aliphatic carbocycles. The van der Waals surface area contributed by atoms with Gasteiger partial charge in [0.2, 0.25) is 11.8 Å². The van der Waals surface area contributed by atoms with Crippen LogP contribution in [0.25, 0.3) is 0 Å². The molecule has 102 valence electrons. The Morgan fingerprint density at radius 3 is 2.94 bits per heavy atom. The van der Waals surface area contributed by atoms with E-state index in [1.807, 2.05) is 0 Å². The zero-order valence-corrected chi connectivity index (χ0v) is 11.2. The number of hydrogen-bond acceptors (Lipinski definition) is 3. The van der Waals surface area contributed by atoms with Crippen LogP contribution in [0.1, 0.15) is 33.1 Å². The third-order valence-electron chi connectivity index (χ3n) is 4.01. The second kappa shape index (κ2) is 5.26. The molecule has 0 radical (unpaired) electrons. The van der Waals surface area contributed by atoms with Gasteiger partial charge in [-0.05, 0) is 18.3 Å². The smallest absolute Gasteiger partial charge is 0.249 e. The molecule has 5 heteroatoms.